The first-order valence-corrected chi connectivity index (χ1v) is 11.5. The molecule has 1 atom stereocenters. The molecule has 0 spiro atoms. The quantitative estimate of drug-likeness (QED) is 0.338. The van der Waals surface area contributed by atoms with Crippen molar-refractivity contribution >= 4 is 6.08 Å². The van der Waals surface area contributed by atoms with Crippen LogP contribution >= 0.6 is 0 Å². The molecule has 1 heterocycles. The van der Waals surface area contributed by atoms with Gasteiger partial charge < -0.3 is 14.2 Å². The molecule has 9 heteroatoms. The normalized spacial score (nSPS) is 19.9. The summed E-state index contributed by atoms with van der Waals surface area (Å²) in [5.74, 6) is 0.913. The maximum atomic E-state index is 13.8. The van der Waals surface area contributed by atoms with E-state index in [4.69, 9.17) is 4.52 Å². The SMILES string of the molecule is CN(C)C(c1cccc(F)c1)C1CCC(/C=C/c2nc(-c3ccc(OC(F)(F)F)cc3)no2)CC1. The van der Waals surface area contributed by atoms with Crippen molar-refractivity contribution in [1.82, 2.24) is 15.0 Å². The Balaban J connectivity index is 1.34. The van der Waals surface area contributed by atoms with Gasteiger partial charge in [-0.1, -0.05) is 23.4 Å². The fourth-order valence-corrected chi connectivity index (χ4v) is 4.78. The molecular formula is C26H27F4N3O2. The van der Waals surface area contributed by atoms with Crippen molar-refractivity contribution in [3.8, 4) is 17.1 Å². The molecule has 0 saturated heterocycles. The Morgan fingerprint density at radius 1 is 1.06 bits per heavy atom. The molecule has 0 N–H and O–H groups in total. The van der Waals surface area contributed by atoms with Crippen LogP contribution < -0.4 is 4.74 Å². The monoisotopic (exact) mass is 489 g/mol. The molecule has 0 radical (unpaired) electrons. The number of hydrogen-bond donors (Lipinski definition) is 0. The number of ether oxygens (including phenoxy) is 1. The van der Waals surface area contributed by atoms with Crippen molar-refractivity contribution in [2.45, 2.75) is 38.1 Å². The van der Waals surface area contributed by atoms with E-state index < -0.39 is 6.36 Å². The van der Waals surface area contributed by atoms with Gasteiger partial charge in [-0.25, -0.2) is 4.39 Å². The largest absolute Gasteiger partial charge is 0.573 e. The topological polar surface area (TPSA) is 51.4 Å². The standard InChI is InChI=1S/C26H27F4N3O2/c1-33(2)24(20-4-3-5-21(27)16-20)18-9-6-17(7-10-18)8-15-23-31-25(32-35-23)19-11-13-22(14-12-19)34-26(28,29)30/h3-5,8,11-18,24H,6-7,9-10H2,1-2H3/b15-8+. The molecule has 1 aliphatic carbocycles. The fourth-order valence-electron chi connectivity index (χ4n) is 4.78. The highest BCUT2D eigenvalue weighted by atomic mass is 19.4. The maximum Gasteiger partial charge on any atom is 0.573 e. The van der Waals surface area contributed by atoms with Gasteiger partial charge in [-0.2, -0.15) is 4.98 Å². The molecule has 1 aromatic heterocycles. The van der Waals surface area contributed by atoms with Crippen LogP contribution in [0.5, 0.6) is 5.75 Å². The van der Waals surface area contributed by atoms with Crippen molar-refractivity contribution in [3.05, 3.63) is 71.9 Å². The van der Waals surface area contributed by atoms with Crippen LogP contribution in [-0.4, -0.2) is 35.5 Å². The number of allylic oxidation sites excluding steroid dienone is 1. The Morgan fingerprint density at radius 3 is 2.40 bits per heavy atom. The molecular weight excluding hydrogens is 462 g/mol. The van der Waals surface area contributed by atoms with E-state index in [1.54, 1.807) is 18.2 Å². The third kappa shape index (κ3) is 6.69. The summed E-state index contributed by atoms with van der Waals surface area (Å²) in [5, 5.41) is 3.91. The summed E-state index contributed by atoms with van der Waals surface area (Å²) in [6.45, 7) is 0. The van der Waals surface area contributed by atoms with Gasteiger partial charge in [0.1, 0.15) is 11.6 Å². The first-order chi connectivity index (χ1) is 16.7. The summed E-state index contributed by atoms with van der Waals surface area (Å²) < 4.78 is 59.9. The number of nitrogens with zero attached hydrogens (tertiary/aromatic N) is 3. The molecule has 0 amide bonds. The van der Waals surface area contributed by atoms with E-state index in [1.165, 1.54) is 30.3 Å². The Kier molecular flexibility index (Phi) is 7.54. The third-order valence-electron chi connectivity index (χ3n) is 6.31. The van der Waals surface area contributed by atoms with E-state index in [9.17, 15) is 17.6 Å². The van der Waals surface area contributed by atoms with E-state index in [1.807, 2.05) is 20.2 Å². The van der Waals surface area contributed by atoms with Crippen molar-refractivity contribution < 1.29 is 26.8 Å². The molecule has 5 nitrogen and oxygen atoms in total. The molecule has 1 fully saturated rings. The highest BCUT2D eigenvalue weighted by Crippen LogP contribution is 2.40. The van der Waals surface area contributed by atoms with Gasteiger partial charge in [-0.05, 0) is 99.7 Å². The lowest BCUT2D eigenvalue weighted by molar-refractivity contribution is -0.274. The number of hydrogen-bond acceptors (Lipinski definition) is 5. The van der Waals surface area contributed by atoms with E-state index in [-0.39, 0.29) is 23.4 Å². The summed E-state index contributed by atoms with van der Waals surface area (Å²) in [6, 6.07) is 12.3. The summed E-state index contributed by atoms with van der Waals surface area (Å²) in [4.78, 5) is 6.48. The Morgan fingerprint density at radius 2 is 1.77 bits per heavy atom. The summed E-state index contributed by atoms with van der Waals surface area (Å²) >= 11 is 0. The Labute approximate surface area is 201 Å². The van der Waals surface area contributed by atoms with Crippen LogP contribution in [-0.2, 0) is 0 Å². The predicted octanol–water partition coefficient (Wildman–Crippen LogP) is 6.90. The minimum atomic E-state index is -4.74. The van der Waals surface area contributed by atoms with Gasteiger partial charge in [-0.3, -0.25) is 0 Å². The van der Waals surface area contributed by atoms with Gasteiger partial charge in [0.25, 0.3) is 5.89 Å². The van der Waals surface area contributed by atoms with Crippen LogP contribution in [0.25, 0.3) is 17.5 Å². The second kappa shape index (κ2) is 10.6. The summed E-state index contributed by atoms with van der Waals surface area (Å²) in [6.07, 6.45) is 3.17. The maximum absolute atomic E-state index is 13.8. The van der Waals surface area contributed by atoms with E-state index in [0.717, 1.165) is 31.2 Å². The highest BCUT2D eigenvalue weighted by Gasteiger charge is 2.31. The average molecular weight is 490 g/mol. The zero-order valence-electron chi connectivity index (χ0n) is 19.5. The second-order valence-corrected chi connectivity index (χ2v) is 9.03. The van der Waals surface area contributed by atoms with Gasteiger partial charge in [-0.15, -0.1) is 13.2 Å². The minimum Gasteiger partial charge on any atom is -0.406 e. The van der Waals surface area contributed by atoms with Crippen LogP contribution in [0.3, 0.4) is 0 Å². The Bertz CT molecular complexity index is 1130. The van der Waals surface area contributed by atoms with Crippen molar-refractivity contribution in [2.24, 2.45) is 11.8 Å². The summed E-state index contributed by atoms with van der Waals surface area (Å²) in [7, 11) is 4.07. The number of alkyl halides is 3. The van der Waals surface area contributed by atoms with E-state index in [2.05, 4.69) is 25.9 Å². The van der Waals surface area contributed by atoms with Crippen molar-refractivity contribution in [2.75, 3.05) is 14.1 Å². The van der Waals surface area contributed by atoms with Gasteiger partial charge in [0.15, 0.2) is 0 Å². The van der Waals surface area contributed by atoms with Crippen molar-refractivity contribution in [3.63, 3.8) is 0 Å². The van der Waals surface area contributed by atoms with Gasteiger partial charge in [0.05, 0.1) is 0 Å². The molecule has 4 rings (SSSR count). The number of rotatable bonds is 7. The number of halogens is 4. The minimum absolute atomic E-state index is 0.169. The third-order valence-corrected chi connectivity index (χ3v) is 6.31. The molecule has 0 bridgehead atoms. The average Bonchev–Trinajstić information content (AvgIpc) is 3.27. The molecule has 2 aromatic carbocycles. The second-order valence-electron chi connectivity index (χ2n) is 9.03. The lowest BCUT2D eigenvalue weighted by Gasteiger charge is -2.37. The molecule has 186 valence electrons. The molecule has 35 heavy (non-hydrogen) atoms. The Hall–Kier alpha value is -3.20. The highest BCUT2D eigenvalue weighted by molar-refractivity contribution is 5.56. The van der Waals surface area contributed by atoms with Gasteiger partial charge >= 0.3 is 6.36 Å². The zero-order chi connectivity index (χ0) is 25.0. The molecule has 1 saturated carbocycles. The number of aromatic nitrogens is 2. The van der Waals surface area contributed by atoms with E-state index in [0.29, 0.717) is 23.3 Å². The summed E-state index contributed by atoms with van der Waals surface area (Å²) in [5.41, 5.74) is 1.53. The lowest BCUT2D eigenvalue weighted by Crippen LogP contribution is -2.30. The molecule has 3 aromatic rings. The van der Waals surface area contributed by atoms with Crippen LogP contribution in [0.15, 0.2) is 59.1 Å². The predicted molar refractivity (Wildman–Crippen MR) is 124 cm³/mol. The van der Waals surface area contributed by atoms with Gasteiger partial charge in [0.2, 0.25) is 5.82 Å². The molecule has 0 aliphatic heterocycles. The smallest absolute Gasteiger partial charge is 0.406 e. The number of benzene rings is 2. The molecule has 1 unspecified atom stereocenters. The van der Waals surface area contributed by atoms with E-state index >= 15 is 0 Å². The first-order valence-electron chi connectivity index (χ1n) is 11.5. The van der Waals surface area contributed by atoms with Crippen LogP contribution in [0, 0.1) is 17.7 Å². The molecule has 1 aliphatic rings. The van der Waals surface area contributed by atoms with Crippen LogP contribution in [0.4, 0.5) is 17.6 Å². The van der Waals surface area contributed by atoms with Crippen LogP contribution in [0.1, 0.15) is 43.2 Å². The van der Waals surface area contributed by atoms with Crippen molar-refractivity contribution in [1.29, 1.82) is 0 Å². The van der Waals surface area contributed by atoms with Crippen LogP contribution in [0.2, 0.25) is 0 Å². The zero-order valence-corrected chi connectivity index (χ0v) is 19.5. The van der Waals surface area contributed by atoms with Gasteiger partial charge in [0, 0.05) is 11.6 Å². The lowest BCUT2D eigenvalue weighted by atomic mass is 9.76. The fraction of sp³-hybridized carbons (Fsp3) is 0.385. The first kappa shape index (κ1) is 24.9.